The first-order valence-electron chi connectivity index (χ1n) is 12.3. The summed E-state index contributed by atoms with van der Waals surface area (Å²) in [7, 11) is 0. The minimum absolute atomic E-state index is 0.0993. The molecular weight excluding hydrogens is 444 g/mol. The zero-order valence-corrected chi connectivity index (χ0v) is 16.9. The number of hydrogen-bond donors (Lipinski definition) is 2. The fourth-order valence-electron chi connectivity index (χ4n) is 3.24. The first kappa shape index (κ1) is 15.5. The molecule has 1 atom stereocenters. The first-order valence-corrected chi connectivity index (χ1v) is 9.70. The van der Waals surface area contributed by atoms with E-state index in [9.17, 15) is 28.0 Å². The van der Waals surface area contributed by atoms with E-state index in [0.717, 1.165) is 36.4 Å². The topological polar surface area (TPSA) is 95.6 Å². The van der Waals surface area contributed by atoms with Crippen LogP contribution < -0.4 is 10.6 Å². The van der Waals surface area contributed by atoms with Crippen molar-refractivity contribution in [2.75, 3.05) is 0 Å². The van der Waals surface area contributed by atoms with Crippen LogP contribution in [0.2, 0.25) is 6.43 Å². The van der Waals surface area contributed by atoms with Gasteiger partial charge in [0.25, 0.3) is 11.8 Å². The molecule has 1 unspecified atom stereocenters. The second-order valence-electron chi connectivity index (χ2n) is 7.02. The maximum absolute atomic E-state index is 14.9. The molecule has 0 radical (unpaired) electrons. The molecule has 2 aromatic carbocycles. The number of halogens is 3. The second-order valence-corrected chi connectivity index (χ2v) is 7.46. The number of nitrogens with zero attached hydrogens (tertiary/aromatic N) is 1. The van der Waals surface area contributed by atoms with E-state index in [4.69, 9.17) is 19.9 Å². The van der Waals surface area contributed by atoms with E-state index in [1.807, 2.05) is 5.32 Å². The van der Waals surface area contributed by atoms with E-state index < -0.39 is 82.2 Å². The molecule has 2 aliphatic heterocycles. The van der Waals surface area contributed by atoms with Crippen molar-refractivity contribution in [1.29, 1.82) is 0 Å². The zero-order valence-electron chi connectivity index (χ0n) is 22.1. The van der Waals surface area contributed by atoms with Crippen LogP contribution in [0.15, 0.2) is 42.4 Å². The monoisotopic (exact) mass is 467 g/mol. The van der Waals surface area contributed by atoms with Crippen LogP contribution in [0.4, 0.5) is 8.78 Å². The molecule has 0 bridgehead atoms. The van der Waals surface area contributed by atoms with Gasteiger partial charge in [-0.15, -0.1) is 0 Å². The molecule has 0 spiro atoms. The summed E-state index contributed by atoms with van der Waals surface area (Å²) < 4.78 is 79.6. The predicted molar refractivity (Wildman–Crippen MR) is 110 cm³/mol. The van der Waals surface area contributed by atoms with Crippen molar-refractivity contribution in [1.82, 2.24) is 15.5 Å². The number of imide groups is 1. The molecular formula is C22H18ClF2N3O4. The van der Waals surface area contributed by atoms with E-state index in [1.54, 1.807) is 0 Å². The van der Waals surface area contributed by atoms with Gasteiger partial charge < -0.3 is 10.2 Å². The number of carbonyl (C=O) groups excluding carboxylic acids is 4. The van der Waals surface area contributed by atoms with Crippen LogP contribution in [0.1, 0.15) is 46.7 Å². The van der Waals surface area contributed by atoms with Crippen molar-refractivity contribution in [3.05, 3.63) is 69.7 Å². The number of nitrogens with one attached hydrogen (secondary N) is 2. The Balaban J connectivity index is 1.72. The van der Waals surface area contributed by atoms with Crippen LogP contribution in [0.3, 0.4) is 0 Å². The molecule has 2 N–H and O–H groups in total. The minimum Gasteiger partial charge on any atom is -0.346 e. The Hall–Kier alpha value is -3.33. The number of carbonyl (C=O) groups is 4. The highest BCUT2D eigenvalue weighted by Gasteiger charge is 2.41. The van der Waals surface area contributed by atoms with Gasteiger partial charge in [-0.1, -0.05) is 35.8 Å². The Bertz CT molecular complexity index is 1380. The van der Waals surface area contributed by atoms with Gasteiger partial charge in [0.1, 0.15) is 6.04 Å². The molecule has 4 rings (SSSR count). The summed E-state index contributed by atoms with van der Waals surface area (Å²) in [6, 6.07) is 3.21. The second kappa shape index (κ2) is 8.31. The minimum atomic E-state index is -4.36. The van der Waals surface area contributed by atoms with Crippen LogP contribution in [0.25, 0.3) is 0 Å². The van der Waals surface area contributed by atoms with Gasteiger partial charge in [0, 0.05) is 35.6 Å². The lowest BCUT2D eigenvalue weighted by Gasteiger charge is -2.29. The van der Waals surface area contributed by atoms with Gasteiger partial charge in [0.15, 0.2) is 1.41 Å². The lowest BCUT2D eigenvalue weighted by atomic mass is 10.0. The summed E-state index contributed by atoms with van der Waals surface area (Å²) in [5.74, 6) is -9.17. The van der Waals surface area contributed by atoms with E-state index in [0.29, 0.717) is 4.90 Å². The Morgan fingerprint density at radius 2 is 2.03 bits per heavy atom. The Kier molecular flexibility index (Phi) is 4.02. The molecule has 166 valence electrons. The third kappa shape index (κ3) is 4.08. The number of fused-ring (bicyclic) bond motifs is 1. The van der Waals surface area contributed by atoms with E-state index in [-0.39, 0.29) is 17.9 Å². The SMILES string of the molecule is [2H]c1c(C([2H])([2H])N([2H])C(=O)C(F)(F)c2ccc(Cl)cc2)ccc2c1C([2H])([2H])N(C1CCC(=O)NC1=O)C2=O. The maximum Gasteiger partial charge on any atom is 0.349 e. The Labute approximate surface area is 195 Å². The highest BCUT2D eigenvalue weighted by Crippen LogP contribution is 2.30. The lowest BCUT2D eigenvalue weighted by molar-refractivity contribution is -0.147. The highest BCUT2D eigenvalue weighted by molar-refractivity contribution is 6.30. The molecule has 0 saturated carbocycles. The summed E-state index contributed by atoms with van der Waals surface area (Å²) in [5, 5.41) is 1.46. The van der Waals surface area contributed by atoms with Crippen molar-refractivity contribution in [2.45, 2.75) is 37.8 Å². The van der Waals surface area contributed by atoms with E-state index in [1.165, 1.54) is 0 Å². The van der Waals surface area contributed by atoms with Gasteiger partial charge >= 0.3 is 5.92 Å². The van der Waals surface area contributed by atoms with Crippen LogP contribution >= 0.6 is 11.6 Å². The summed E-state index contributed by atoms with van der Waals surface area (Å²) in [6.45, 7) is -6.22. The summed E-state index contributed by atoms with van der Waals surface area (Å²) in [4.78, 5) is 50.0. The molecule has 1 saturated heterocycles. The molecule has 4 amide bonds. The molecule has 0 aliphatic carbocycles. The Morgan fingerprint density at radius 3 is 2.72 bits per heavy atom. The summed E-state index contributed by atoms with van der Waals surface area (Å²) in [6.07, 6.45) is -0.369. The number of benzene rings is 2. The van der Waals surface area contributed by atoms with Crippen molar-refractivity contribution in [2.24, 2.45) is 0 Å². The van der Waals surface area contributed by atoms with Gasteiger partial charge in [-0.2, -0.15) is 8.78 Å². The average Bonchev–Trinajstić information content (AvgIpc) is 3.04. The Morgan fingerprint density at radius 1 is 1.31 bits per heavy atom. The van der Waals surface area contributed by atoms with Crippen LogP contribution in [-0.4, -0.2) is 34.6 Å². The maximum atomic E-state index is 14.9. The van der Waals surface area contributed by atoms with Gasteiger partial charge in [0.05, 0.1) is 6.85 Å². The molecule has 1 fully saturated rings. The molecule has 7 nitrogen and oxygen atoms in total. The van der Waals surface area contributed by atoms with E-state index >= 15 is 0 Å². The number of rotatable bonds is 5. The standard InChI is InChI=1S/C22H18ClF2N3O4/c23-15-4-2-14(3-5-15)22(24,25)21(32)26-10-12-1-6-16-13(9-12)11-28(20(16)31)17-7-8-18(29)27-19(17)30/h1-6,9,17H,7-8,10-11H2,(H,26,32)(H,27,29,30)/i9D,10D2,11D2/hD. The number of alkyl halides is 2. The molecule has 0 aromatic heterocycles. The third-order valence-electron chi connectivity index (χ3n) is 4.90. The molecule has 10 heteroatoms. The molecule has 32 heavy (non-hydrogen) atoms. The van der Waals surface area contributed by atoms with Crippen molar-refractivity contribution in [3.63, 3.8) is 0 Å². The van der Waals surface area contributed by atoms with Crippen molar-refractivity contribution < 1.29 is 36.2 Å². The fourth-order valence-corrected chi connectivity index (χ4v) is 3.36. The summed E-state index contributed by atoms with van der Waals surface area (Å²) in [5.41, 5.74) is -2.76. The number of piperidine rings is 1. The van der Waals surface area contributed by atoms with E-state index in [2.05, 4.69) is 0 Å². The number of hydrogen-bond acceptors (Lipinski definition) is 4. The fraction of sp³-hybridized carbons (Fsp3) is 0.273. The lowest BCUT2D eigenvalue weighted by Crippen LogP contribution is -2.52. The largest absolute Gasteiger partial charge is 0.349 e. The quantitative estimate of drug-likeness (QED) is 0.660. The molecule has 2 aromatic rings. The normalized spacial score (nSPS) is 23.2. The highest BCUT2D eigenvalue weighted by atomic mass is 35.5. The van der Waals surface area contributed by atoms with Gasteiger partial charge in [-0.3, -0.25) is 24.5 Å². The molecule has 2 aliphatic rings. The van der Waals surface area contributed by atoms with Crippen LogP contribution in [0.5, 0.6) is 0 Å². The van der Waals surface area contributed by atoms with Crippen molar-refractivity contribution in [3.8, 4) is 0 Å². The van der Waals surface area contributed by atoms with Crippen LogP contribution in [0, 0.1) is 0 Å². The average molecular weight is 468 g/mol. The number of amides is 4. The zero-order chi connectivity index (χ0) is 28.4. The van der Waals surface area contributed by atoms with Crippen molar-refractivity contribution >= 4 is 35.2 Å². The molecule has 2 heterocycles. The summed E-state index contributed by atoms with van der Waals surface area (Å²) >= 11 is 5.67. The van der Waals surface area contributed by atoms with Crippen LogP contribution in [-0.2, 0) is 33.3 Å². The smallest absolute Gasteiger partial charge is 0.346 e. The van der Waals surface area contributed by atoms with Gasteiger partial charge in [0.2, 0.25) is 11.8 Å². The first-order chi connectivity index (χ1) is 17.5. The van der Waals surface area contributed by atoms with Gasteiger partial charge in [-0.05, 0) is 35.7 Å². The third-order valence-corrected chi connectivity index (χ3v) is 5.15. The predicted octanol–water partition coefficient (Wildman–Crippen LogP) is 2.51. The van der Waals surface area contributed by atoms with Gasteiger partial charge in [-0.25, -0.2) is 0 Å².